The van der Waals surface area contributed by atoms with Gasteiger partial charge >= 0.3 is 6.03 Å². The lowest BCUT2D eigenvalue weighted by Crippen LogP contribution is -2.39. The summed E-state index contributed by atoms with van der Waals surface area (Å²) in [6, 6.07) is 12.1. The van der Waals surface area contributed by atoms with Crippen molar-refractivity contribution in [2.45, 2.75) is 19.5 Å². The summed E-state index contributed by atoms with van der Waals surface area (Å²) < 4.78 is 6.89. The molecule has 4 rings (SSSR count). The molecule has 4 aromatic rings. The summed E-state index contributed by atoms with van der Waals surface area (Å²) >= 11 is 18.3. The van der Waals surface area contributed by atoms with Crippen molar-refractivity contribution < 1.29 is 9.21 Å². The van der Waals surface area contributed by atoms with Crippen LogP contribution in [-0.4, -0.2) is 20.5 Å². The number of rotatable bonds is 5. The Kier molecular flexibility index (Phi) is 6.65. The van der Waals surface area contributed by atoms with Crippen LogP contribution >= 0.6 is 34.8 Å². The van der Waals surface area contributed by atoms with E-state index in [4.69, 9.17) is 39.2 Å². The molecule has 170 valence electrons. The first-order chi connectivity index (χ1) is 15.7. The summed E-state index contributed by atoms with van der Waals surface area (Å²) in [5.41, 5.74) is 0.610. The monoisotopic (exact) mass is 504 g/mol. The number of hydrogen-bond acceptors (Lipinski definition) is 4. The molecule has 7 nitrogen and oxygen atoms in total. The van der Waals surface area contributed by atoms with E-state index in [1.165, 1.54) is 21.8 Å². The molecule has 0 fully saturated rings. The van der Waals surface area contributed by atoms with Crippen LogP contribution in [0, 0.1) is 0 Å². The van der Waals surface area contributed by atoms with Crippen LogP contribution in [0.25, 0.3) is 10.9 Å². The van der Waals surface area contributed by atoms with Gasteiger partial charge in [0, 0.05) is 17.1 Å². The van der Waals surface area contributed by atoms with E-state index in [0.29, 0.717) is 43.2 Å². The quantitative estimate of drug-likeness (QED) is 0.346. The molecular weight excluding hydrogens is 487 g/mol. The number of furan rings is 1. The molecule has 1 N–H and O–H groups in total. The number of carbonyl (C=O) groups excluding carboxylic acids is 1. The lowest BCUT2D eigenvalue weighted by Gasteiger charge is -2.29. The van der Waals surface area contributed by atoms with Gasteiger partial charge in [0.2, 0.25) is 0 Å². The minimum absolute atomic E-state index is 0.134. The summed E-state index contributed by atoms with van der Waals surface area (Å²) in [7, 11) is 1.62. The van der Waals surface area contributed by atoms with Gasteiger partial charge in [0.1, 0.15) is 11.6 Å². The number of aromatic nitrogens is 2. The van der Waals surface area contributed by atoms with Crippen LogP contribution in [0.1, 0.15) is 24.6 Å². The highest BCUT2D eigenvalue weighted by Crippen LogP contribution is 2.28. The highest BCUT2D eigenvalue weighted by atomic mass is 35.5. The standard InChI is InChI=1S/C23H19Cl3N4O3/c1-13(21-27-20-11-15(25)5-7-17(20)22(31)29(21)2)30(12-16-4-3-9-33-16)23(32)28-19-8-6-14(24)10-18(19)26/h3-11,13H,12H2,1-2H3,(H,28,32). The normalized spacial score (nSPS) is 12.0. The topological polar surface area (TPSA) is 80.4 Å². The molecule has 2 aromatic carbocycles. The molecule has 1 unspecified atom stereocenters. The van der Waals surface area contributed by atoms with Crippen molar-refractivity contribution in [1.29, 1.82) is 0 Å². The summed E-state index contributed by atoms with van der Waals surface area (Å²) in [5, 5.41) is 4.45. The van der Waals surface area contributed by atoms with Gasteiger partial charge < -0.3 is 14.6 Å². The van der Waals surface area contributed by atoms with Crippen LogP contribution in [0.5, 0.6) is 0 Å². The maximum atomic E-state index is 13.3. The van der Waals surface area contributed by atoms with Gasteiger partial charge in [0.05, 0.1) is 40.5 Å². The summed E-state index contributed by atoms with van der Waals surface area (Å²) in [6.07, 6.45) is 1.53. The molecule has 0 aliphatic rings. The second-order valence-corrected chi connectivity index (χ2v) is 8.71. The van der Waals surface area contributed by atoms with Gasteiger partial charge in [-0.15, -0.1) is 0 Å². The Labute approximate surface area is 204 Å². The van der Waals surface area contributed by atoms with Crippen LogP contribution in [-0.2, 0) is 13.6 Å². The van der Waals surface area contributed by atoms with E-state index >= 15 is 0 Å². The molecule has 1 atom stereocenters. The zero-order valence-corrected chi connectivity index (χ0v) is 19.9. The van der Waals surface area contributed by atoms with Crippen molar-refractivity contribution in [3.8, 4) is 0 Å². The molecule has 0 bridgehead atoms. The number of anilines is 1. The Bertz CT molecular complexity index is 1390. The predicted molar refractivity (Wildman–Crippen MR) is 130 cm³/mol. The second kappa shape index (κ2) is 9.47. The van der Waals surface area contributed by atoms with E-state index in [9.17, 15) is 9.59 Å². The fourth-order valence-electron chi connectivity index (χ4n) is 3.51. The number of benzene rings is 2. The van der Waals surface area contributed by atoms with E-state index in [1.807, 2.05) is 0 Å². The Morgan fingerprint density at radius 3 is 2.58 bits per heavy atom. The van der Waals surface area contributed by atoms with E-state index in [-0.39, 0.29) is 12.1 Å². The van der Waals surface area contributed by atoms with Crippen molar-refractivity contribution in [2.24, 2.45) is 7.05 Å². The van der Waals surface area contributed by atoms with Crippen LogP contribution in [0.2, 0.25) is 15.1 Å². The molecule has 33 heavy (non-hydrogen) atoms. The highest BCUT2D eigenvalue weighted by molar-refractivity contribution is 6.36. The molecule has 0 saturated carbocycles. The van der Waals surface area contributed by atoms with Crippen molar-refractivity contribution in [2.75, 3.05) is 5.32 Å². The maximum Gasteiger partial charge on any atom is 0.322 e. The molecule has 2 aromatic heterocycles. The average Bonchev–Trinajstić information content (AvgIpc) is 3.29. The minimum Gasteiger partial charge on any atom is -0.467 e. The number of halogens is 3. The fraction of sp³-hybridized carbons (Fsp3) is 0.174. The van der Waals surface area contributed by atoms with Gasteiger partial charge in [-0.25, -0.2) is 9.78 Å². The zero-order chi connectivity index (χ0) is 23.7. The van der Waals surface area contributed by atoms with Crippen molar-refractivity contribution >= 4 is 57.4 Å². The highest BCUT2D eigenvalue weighted by Gasteiger charge is 2.27. The van der Waals surface area contributed by atoms with Gasteiger partial charge in [-0.1, -0.05) is 34.8 Å². The number of urea groups is 1. The van der Waals surface area contributed by atoms with Gasteiger partial charge in [-0.3, -0.25) is 9.36 Å². The van der Waals surface area contributed by atoms with Crippen molar-refractivity contribution in [3.63, 3.8) is 0 Å². The minimum atomic E-state index is -0.609. The van der Waals surface area contributed by atoms with Crippen LogP contribution in [0.4, 0.5) is 10.5 Å². The Hall–Kier alpha value is -3.00. The Balaban J connectivity index is 1.74. The third-order valence-electron chi connectivity index (χ3n) is 5.25. The second-order valence-electron chi connectivity index (χ2n) is 7.43. The summed E-state index contributed by atoms with van der Waals surface area (Å²) in [6.45, 7) is 1.92. The third kappa shape index (κ3) is 4.85. The lowest BCUT2D eigenvalue weighted by atomic mass is 10.2. The van der Waals surface area contributed by atoms with Gasteiger partial charge in [0.15, 0.2) is 0 Å². The molecule has 0 spiro atoms. The first-order valence-corrected chi connectivity index (χ1v) is 11.1. The molecule has 2 heterocycles. The Morgan fingerprint density at radius 1 is 1.15 bits per heavy atom. The lowest BCUT2D eigenvalue weighted by molar-refractivity contribution is 0.178. The smallest absolute Gasteiger partial charge is 0.322 e. The van der Waals surface area contributed by atoms with E-state index < -0.39 is 12.1 Å². The Morgan fingerprint density at radius 2 is 1.88 bits per heavy atom. The molecule has 2 amide bonds. The fourth-order valence-corrected chi connectivity index (χ4v) is 4.13. The first-order valence-electron chi connectivity index (χ1n) is 9.96. The molecule has 10 heteroatoms. The zero-order valence-electron chi connectivity index (χ0n) is 17.7. The van der Waals surface area contributed by atoms with E-state index in [1.54, 1.807) is 56.4 Å². The maximum absolute atomic E-state index is 13.3. The van der Waals surface area contributed by atoms with Crippen LogP contribution < -0.4 is 10.9 Å². The summed E-state index contributed by atoms with van der Waals surface area (Å²) in [5.74, 6) is 0.951. The number of hydrogen-bond donors (Lipinski definition) is 1. The largest absolute Gasteiger partial charge is 0.467 e. The van der Waals surface area contributed by atoms with Gasteiger partial charge in [-0.05, 0) is 55.5 Å². The van der Waals surface area contributed by atoms with Crippen LogP contribution in [0.15, 0.2) is 64.0 Å². The van der Waals surface area contributed by atoms with E-state index in [0.717, 1.165) is 0 Å². The number of fused-ring (bicyclic) bond motifs is 1. The van der Waals surface area contributed by atoms with Crippen molar-refractivity contribution in [1.82, 2.24) is 14.5 Å². The number of nitrogens with one attached hydrogen (secondary N) is 1. The third-order valence-corrected chi connectivity index (χ3v) is 6.04. The molecule has 0 aliphatic heterocycles. The van der Waals surface area contributed by atoms with Gasteiger partial charge in [0.25, 0.3) is 5.56 Å². The molecule has 0 aliphatic carbocycles. The number of nitrogens with zero attached hydrogens (tertiary/aromatic N) is 3. The molecular formula is C23H19Cl3N4O3. The van der Waals surface area contributed by atoms with E-state index in [2.05, 4.69) is 10.3 Å². The number of carbonyl (C=O) groups is 1. The van der Waals surface area contributed by atoms with Crippen LogP contribution in [0.3, 0.4) is 0 Å². The average molecular weight is 506 g/mol. The van der Waals surface area contributed by atoms with Crippen molar-refractivity contribution in [3.05, 3.63) is 91.8 Å². The summed E-state index contributed by atoms with van der Waals surface area (Å²) in [4.78, 5) is 32.5. The van der Waals surface area contributed by atoms with Gasteiger partial charge in [-0.2, -0.15) is 0 Å². The first kappa shape index (κ1) is 23.2. The number of amides is 2. The molecule has 0 saturated heterocycles. The molecule has 0 radical (unpaired) electrons. The predicted octanol–water partition coefficient (Wildman–Crippen LogP) is 6.28. The SMILES string of the molecule is CC(c1nc2cc(Cl)ccc2c(=O)n1C)N(Cc1ccco1)C(=O)Nc1ccc(Cl)cc1Cl.